The monoisotopic (exact) mass is 276 g/mol. The third-order valence-corrected chi connectivity index (χ3v) is 4.46. The largest absolute Gasteiger partial charge is 0.519 e. The van der Waals surface area contributed by atoms with Crippen molar-refractivity contribution in [1.82, 2.24) is 0 Å². The number of carbonyl (C=O) groups excluding carboxylic acids is 1. The number of hydrogen-bond acceptors (Lipinski definition) is 5. The van der Waals surface area contributed by atoms with Gasteiger partial charge in [0.15, 0.2) is 0 Å². The van der Waals surface area contributed by atoms with Crippen LogP contribution in [0.2, 0.25) is 0 Å². The molecule has 2 aromatic carbocycles. The minimum Gasteiger partial charge on any atom is -0.395 e. The van der Waals surface area contributed by atoms with Crippen LogP contribution in [0.25, 0.3) is 0 Å². The Morgan fingerprint density at radius 3 is 1.42 bits per heavy atom. The highest BCUT2D eigenvalue weighted by Gasteiger charge is 2.19. The first-order chi connectivity index (χ1) is 9.05. The first-order valence-electron chi connectivity index (χ1n) is 5.40. The summed E-state index contributed by atoms with van der Waals surface area (Å²) >= 11 is 0. The third kappa shape index (κ3) is 2.06. The van der Waals surface area contributed by atoms with Crippen LogP contribution in [0.1, 0.15) is 0 Å². The van der Waals surface area contributed by atoms with Gasteiger partial charge in [0.1, 0.15) is 11.5 Å². The maximum atomic E-state index is 12.3. The summed E-state index contributed by atoms with van der Waals surface area (Å²) in [6.07, 6.45) is -0.871. The number of carbonyl (C=O) groups is 1. The van der Waals surface area contributed by atoms with Crippen molar-refractivity contribution in [3.63, 3.8) is 0 Å². The van der Waals surface area contributed by atoms with Gasteiger partial charge < -0.3 is 9.47 Å². The molecule has 0 fully saturated rings. The molecule has 0 saturated heterocycles. The molecule has 19 heavy (non-hydrogen) atoms. The highest BCUT2D eigenvalue weighted by Crippen LogP contribution is 2.26. The van der Waals surface area contributed by atoms with Gasteiger partial charge in [0.05, 0.1) is 9.79 Å². The lowest BCUT2D eigenvalue weighted by Gasteiger charge is -2.10. The Kier molecular flexibility index (Phi) is 2.53. The molecule has 0 aromatic heterocycles. The topological polar surface area (TPSA) is 69.7 Å². The molecule has 0 saturated carbocycles. The summed E-state index contributed by atoms with van der Waals surface area (Å²) < 4.78 is 34.4. The quantitative estimate of drug-likeness (QED) is 0.546. The molecule has 0 radical (unpaired) electrons. The Labute approximate surface area is 109 Å². The molecule has 4 bridgehead atoms. The Morgan fingerprint density at radius 2 is 1.05 bits per heavy atom. The van der Waals surface area contributed by atoms with Crippen molar-refractivity contribution in [2.24, 2.45) is 0 Å². The molecule has 4 aliphatic heterocycles. The van der Waals surface area contributed by atoms with E-state index in [-0.39, 0.29) is 21.3 Å². The molecule has 0 spiro atoms. The van der Waals surface area contributed by atoms with E-state index >= 15 is 0 Å². The van der Waals surface area contributed by atoms with Gasteiger partial charge in [0.2, 0.25) is 9.84 Å². The van der Waals surface area contributed by atoms with Crippen LogP contribution in [-0.2, 0) is 9.84 Å². The van der Waals surface area contributed by atoms with Crippen LogP contribution in [0.4, 0.5) is 4.79 Å². The minimum atomic E-state index is -3.57. The van der Waals surface area contributed by atoms with Gasteiger partial charge in [-0.3, -0.25) is 0 Å². The van der Waals surface area contributed by atoms with Gasteiger partial charge in [0, 0.05) is 0 Å². The third-order valence-electron chi connectivity index (χ3n) is 2.67. The van der Waals surface area contributed by atoms with Crippen LogP contribution in [0.15, 0.2) is 58.3 Å². The smallest absolute Gasteiger partial charge is 0.395 e. The number of benzene rings is 2. The molecule has 0 atom stereocenters. The molecule has 6 rings (SSSR count). The maximum Gasteiger partial charge on any atom is 0.519 e. The minimum absolute atomic E-state index is 0.140. The highest BCUT2D eigenvalue weighted by atomic mass is 32.2. The molecule has 2 aromatic rings. The van der Waals surface area contributed by atoms with E-state index in [1.54, 1.807) is 0 Å². The fraction of sp³-hybridized carbons (Fsp3) is 0. The standard InChI is InChI=1S/C13H8O5S/c14-13-17-9-1-5-11(6-2-9)19(15,16)12-7-3-10(18-13)4-8-12/h1-8H. The normalized spacial score (nSPS) is 16.1. The van der Waals surface area contributed by atoms with Crippen molar-refractivity contribution >= 4 is 16.0 Å². The SMILES string of the molecule is O=C1Oc2ccc(cc2)S(=O)(=O)c2ccc(cc2)O1. The first kappa shape index (κ1) is 11.7. The number of sulfone groups is 1. The highest BCUT2D eigenvalue weighted by molar-refractivity contribution is 7.91. The van der Waals surface area contributed by atoms with Crippen LogP contribution in [0, 0.1) is 0 Å². The van der Waals surface area contributed by atoms with E-state index in [0.717, 1.165) is 0 Å². The van der Waals surface area contributed by atoms with Gasteiger partial charge in [-0.05, 0) is 48.5 Å². The summed E-state index contributed by atoms with van der Waals surface area (Å²) in [5.41, 5.74) is 0. The molecule has 6 heteroatoms. The van der Waals surface area contributed by atoms with E-state index in [1.165, 1.54) is 48.5 Å². The number of hydrogen-bond donors (Lipinski definition) is 0. The predicted molar refractivity (Wildman–Crippen MR) is 65.0 cm³/mol. The lowest BCUT2D eigenvalue weighted by molar-refractivity contribution is 0.152. The van der Waals surface area contributed by atoms with Gasteiger partial charge >= 0.3 is 6.16 Å². The van der Waals surface area contributed by atoms with Crippen molar-refractivity contribution in [2.75, 3.05) is 0 Å². The molecule has 0 unspecified atom stereocenters. The molecular weight excluding hydrogens is 268 g/mol. The van der Waals surface area contributed by atoms with Gasteiger partial charge in [-0.2, -0.15) is 0 Å². The second-order valence-corrected chi connectivity index (χ2v) is 5.85. The van der Waals surface area contributed by atoms with E-state index in [2.05, 4.69) is 0 Å². The van der Waals surface area contributed by atoms with Crippen LogP contribution < -0.4 is 9.47 Å². The van der Waals surface area contributed by atoms with E-state index in [0.29, 0.717) is 0 Å². The summed E-state index contributed by atoms with van der Waals surface area (Å²) in [6, 6.07) is 11.1. The number of rotatable bonds is 0. The lowest BCUT2D eigenvalue weighted by atomic mass is 10.3. The Balaban J connectivity index is 2.24. The van der Waals surface area contributed by atoms with Gasteiger partial charge in [-0.15, -0.1) is 0 Å². The fourth-order valence-electron chi connectivity index (χ4n) is 1.72. The zero-order valence-electron chi connectivity index (χ0n) is 9.57. The van der Waals surface area contributed by atoms with E-state index in [4.69, 9.17) is 9.47 Å². The molecule has 0 N–H and O–H groups in total. The Hall–Kier alpha value is -2.34. The second-order valence-electron chi connectivity index (χ2n) is 3.90. The summed E-state index contributed by atoms with van der Waals surface area (Å²) in [4.78, 5) is 11.7. The maximum absolute atomic E-state index is 12.3. The number of ether oxygens (including phenoxy) is 2. The van der Waals surface area contributed by atoms with Gasteiger partial charge in [-0.1, -0.05) is 0 Å². The summed E-state index contributed by atoms with van der Waals surface area (Å²) in [6.45, 7) is 0. The zero-order valence-corrected chi connectivity index (χ0v) is 10.4. The molecule has 5 nitrogen and oxygen atoms in total. The molecular formula is C13H8O5S. The van der Waals surface area contributed by atoms with Crippen LogP contribution >= 0.6 is 0 Å². The molecule has 96 valence electrons. The van der Waals surface area contributed by atoms with Gasteiger partial charge in [-0.25, -0.2) is 13.2 Å². The predicted octanol–water partition coefficient (Wildman–Crippen LogP) is 2.41. The first-order valence-corrected chi connectivity index (χ1v) is 6.89. The molecule has 0 amide bonds. The molecule has 0 aliphatic carbocycles. The summed E-state index contributed by atoms with van der Waals surface area (Å²) in [7, 11) is -3.57. The summed E-state index contributed by atoms with van der Waals surface area (Å²) in [5, 5.41) is 0. The van der Waals surface area contributed by atoms with Crippen molar-refractivity contribution in [3.8, 4) is 11.5 Å². The fourth-order valence-corrected chi connectivity index (χ4v) is 2.98. The second kappa shape index (κ2) is 4.10. The van der Waals surface area contributed by atoms with Crippen LogP contribution in [0.3, 0.4) is 0 Å². The van der Waals surface area contributed by atoms with Crippen molar-refractivity contribution in [2.45, 2.75) is 9.79 Å². The van der Waals surface area contributed by atoms with Crippen LogP contribution in [-0.4, -0.2) is 14.6 Å². The average Bonchev–Trinajstić information content (AvgIpc) is 2.38. The zero-order chi connectivity index (χ0) is 13.5. The molecule has 4 aliphatic rings. The Morgan fingerprint density at radius 1 is 0.684 bits per heavy atom. The van der Waals surface area contributed by atoms with E-state index < -0.39 is 16.0 Å². The lowest BCUT2D eigenvalue weighted by Crippen LogP contribution is -2.14. The molecule has 4 heterocycles. The van der Waals surface area contributed by atoms with Crippen molar-refractivity contribution < 1.29 is 22.7 Å². The Bertz CT molecular complexity index is 672. The van der Waals surface area contributed by atoms with Gasteiger partial charge in [0.25, 0.3) is 0 Å². The van der Waals surface area contributed by atoms with Crippen LogP contribution in [0.5, 0.6) is 11.5 Å². The van der Waals surface area contributed by atoms with E-state index in [1.807, 2.05) is 0 Å². The summed E-state index contributed by atoms with van der Waals surface area (Å²) in [5.74, 6) is 0.443. The average molecular weight is 276 g/mol. The van der Waals surface area contributed by atoms with Crippen molar-refractivity contribution in [3.05, 3.63) is 48.5 Å². The van der Waals surface area contributed by atoms with Crippen molar-refractivity contribution in [1.29, 1.82) is 0 Å². The van der Waals surface area contributed by atoms with E-state index in [9.17, 15) is 13.2 Å².